The van der Waals surface area contributed by atoms with Gasteiger partial charge in [0.05, 0.1) is 4.92 Å². The Bertz CT molecular complexity index is 703. The van der Waals surface area contributed by atoms with Crippen molar-refractivity contribution in [3.05, 3.63) is 74.3 Å². The summed E-state index contributed by atoms with van der Waals surface area (Å²) < 4.78 is 0. The molecule has 114 valence electrons. The molecule has 2 aromatic carbocycles. The molecule has 2 aromatic rings. The fourth-order valence-electron chi connectivity index (χ4n) is 3.02. The SMILES string of the molecule is O=[N+]([O-])c1cc(CNC2CCCc3ccccc32)ccc1Cl. The molecular weight excluding hydrogens is 300 g/mol. The van der Waals surface area contributed by atoms with Gasteiger partial charge in [0.15, 0.2) is 0 Å². The largest absolute Gasteiger partial charge is 0.306 e. The van der Waals surface area contributed by atoms with Gasteiger partial charge in [-0.2, -0.15) is 0 Å². The third-order valence-corrected chi connectivity index (χ3v) is 4.45. The fraction of sp³-hybridized carbons (Fsp3) is 0.294. The van der Waals surface area contributed by atoms with E-state index in [1.54, 1.807) is 12.1 Å². The third kappa shape index (κ3) is 3.13. The Morgan fingerprint density at radius 3 is 2.91 bits per heavy atom. The Kier molecular flexibility index (Phi) is 4.41. The minimum Gasteiger partial charge on any atom is -0.306 e. The fourth-order valence-corrected chi connectivity index (χ4v) is 3.20. The highest BCUT2D eigenvalue weighted by Crippen LogP contribution is 2.30. The lowest BCUT2D eigenvalue weighted by molar-refractivity contribution is -0.384. The lowest BCUT2D eigenvalue weighted by Gasteiger charge is -2.26. The van der Waals surface area contributed by atoms with E-state index in [0.717, 1.165) is 24.8 Å². The van der Waals surface area contributed by atoms with Crippen LogP contribution in [0.4, 0.5) is 5.69 Å². The number of rotatable bonds is 4. The van der Waals surface area contributed by atoms with E-state index in [2.05, 4.69) is 29.6 Å². The average molecular weight is 317 g/mol. The Balaban J connectivity index is 1.74. The minimum atomic E-state index is -0.443. The number of nitro benzene ring substituents is 1. The lowest BCUT2D eigenvalue weighted by Crippen LogP contribution is -2.24. The summed E-state index contributed by atoms with van der Waals surface area (Å²) in [5.41, 5.74) is 3.58. The van der Waals surface area contributed by atoms with Gasteiger partial charge in [-0.15, -0.1) is 0 Å². The molecule has 0 saturated carbocycles. The zero-order chi connectivity index (χ0) is 15.5. The van der Waals surface area contributed by atoms with Crippen molar-refractivity contribution in [3.8, 4) is 0 Å². The molecule has 5 heteroatoms. The van der Waals surface area contributed by atoms with Gasteiger partial charge in [-0.05, 0) is 42.0 Å². The van der Waals surface area contributed by atoms with E-state index < -0.39 is 4.92 Å². The predicted molar refractivity (Wildman–Crippen MR) is 87.1 cm³/mol. The first-order valence-electron chi connectivity index (χ1n) is 7.39. The maximum Gasteiger partial charge on any atom is 0.288 e. The Morgan fingerprint density at radius 2 is 2.09 bits per heavy atom. The molecule has 0 aromatic heterocycles. The number of hydrogen-bond donors (Lipinski definition) is 1. The highest BCUT2D eigenvalue weighted by molar-refractivity contribution is 6.32. The van der Waals surface area contributed by atoms with Crippen molar-refractivity contribution >= 4 is 17.3 Å². The van der Waals surface area contributed by atoms with Crippen LogP contribution in [0.25, 0.3) is 0 Å². The van der Waals surface area contributed by atoms with E-state index in [1.165, 1.54) is 11.1 Å². The number of benzene rings is 2. The summed E-state index contributed by atoms with van der Waals surface area (Å²) in [4.78, 5) is 10.5. The Hall–Kier alpha value is -1.91. The van der Waals surface area contributed by atoms with E-state index in [1.807, 2.05) is 6.07 Å². The normalized spacial score (nSPS) is 17.0. The monoisotopic (exact) mass is 316 g/mol. The molecule has 1 aliphatic rings. The zero-order valence-corrected chi connectivity index (χ0v) is 12.8. The van der Waals surface area contributed by atoms with Gasteiger partial charge >= 0.3 is 0 Å². The lowest BCUT2D eigenvalue weighted by atomic mass is 9.87. The van der Waals surface area contributed by atoms with Crippen LogP contribution in [-0.2, 0) is 13.0 Å². The molecule has 1 aliphatic carbocycles. The molecule has 0 fully saturated rings. The first-order chi connectivity index (χ1) is 10.6. The molecule has 0 amide bonds. The molecule has 0 saturated heterocycles. The number of hydrogen-bond acceptors (Lipinski definition) is 3. The van der Waals surface area contributed by atoms with Crippen LogP contribution >= 0.6 is 11.6 Å². The standard InChI is InChI=1S/C17H17ClN2O2/c18-15-9-8-12(10-17(15)20(21)22)11-19-16-7-3-5-13-4-1-2-6-14(13)16/h1-2,4,6,8-10,16,19H,3,5,7,11H2. The van der Waals surface area contributed by atoms with Crippen molar-refractivity contribution in [2.45, 2.75) is 31.8 Å². The second-order valence-corrected chi connectivity index (χ2v) is 5.97. The first kappa shape index (κ1) is 15.0. The molecular formula is C17H17ClN2O2. The maximum absolute atomic E-state index is 10.9. The topological polar surface area (TPSA) is 55.2 Å². The van der Waals surface area contributed by atoms with Crippen molar-refractivity contribution in [1.29, 1.82) is 0 Å². The van der Waals surface area contributed by atoms with Crippen molar-refractivity contribution in [2.24, 2.45) is 0 Å². The van der Waals surface area contributed by atoms with E-state index >= 15 is 0 Å². The number of halogens is 1. The summed E-state index contributed by atoms with van der Waals surface area (Å²) in [5, 5.41) is 14.6. The van der Waals surface area contributed by atoms with Crippen LogP contribution in [0.1, 0.15) is 35.6 Å². The van der Waals surface area contributed by atoms with Gasteiger partial charge in [0.1, 0.15) is 5.02 Å². The second kappa shape index (κ2) is 6.46. The molecule has 3 rings (SSSR count). The summed E-state index contributed by atoms with van der Waals surface area (Å²) in [6.45, 7) is 0.594. The highest BCUT2D eigenvalue weighted by Gasteiger charge is 2.19. The molecule has 0 spiro atoms. The van der Waals surface area contributed by atoms with E-state index in [4.69, 9.17) is 11.6 Å². The van der Waals surface area contributed by atoms with E-state index in [-0.39, 0.29) is 10.7 Å². The molecule has 1 atom stereocenters. The van der Waals surface area contributed by atoms with Crippen LogP contribution in [-0.4, -0.2) is 4.92 Å². The van der Waals surface area contributed by atoms with Crippen LogP contribution in [0.2, 0.25) is 5.02 Å². The Morgan fingerprint density at radius 1 is 1.27 bits per heavy atom. The van der Waals surface area contributed by atoms with E-state index in [0.29, 0.717) is 12.6 Å². The molecule has 0 radical (unpaired) electrons. The quantitative estimate of drug-likeness (QED) is 0.671. The molecule has 22 heavy (non-hydrogen) atoms. The molecule has 0 heterocycles. The smallest absolute Gasteiger partial charge is 0.288 e. The average Bonchev–Trinajstić information content (AvgIpc) is 2.53. The molecule has 4 nitrogen and oxygen atoms in total. The van der Waals surface area contributed by atoms with Gasteiger partial charge in [0.2, 0.25) is 0 Å². The van der Waals surface area contributed by atoms with Gasteiger partial charge in [-0.3, -0.25) is 10.1 Å². The summed E-state index contributed by atoms with van der Waals surface area (Å²) in [5.74, 6) is 0. The predicted octanol–water partition coefficient (Wildman–Crippen LogP) is 4.42. The number of nitrogens with one attached hydrogen (secondary N) is 1. The van der Waals surface area contributed by atoms with Crippen molar-refractivity contribution < 1.29 is 4.92 Å². The van der Waals surface area contributed by atoms with Crippen LogP contribution in [0.3, 0.4) is 0 Å². The van der Waals surface area contributed by atoms with Crippen LogP contribution in [0.15, 0.2) is 42.5 Å². The number of fused-ring (bicyclic) bond motifs is 1. The summed E-state index contributed by atoms with van der Waals surface area (Å²) in [7, 11) is 0. The number of nitrogens with zero attached hydrogens (tertiary/aromatic N) is 1. The minimum absolute atomic E-state index is 0.0370. The number of aryl methyl sites for hydroxylation is 1. The van der Waals surface area contributed by atoms with Crippen molar-refractivity contribution in [2.75, 3.05) is 0 Å². The van der Waals surface area contributed by atoms with Crippen molar-refractivity contribution in [3.63, 3.8) is 0 Å². The second-order valence-electron chi connectivity index (χ2n) is 5.57. The maximum atomic E-state index is 10.9. The van der Waals surface area contributed by atoms with Gasteiger partial charge in [-0.1, -0.05) is 41.9 Å². The molecule has 1 unspecified atom stereocenters. The summed E-state index contributed by atoms with van der Waals surface area (Å²) in [6, 6.07) is 13.7. The van der Waals surface area contributed by atoms with Gasteiger partial charge in [0.25, 0.3) is 5.69 Å². The summed E-state index contributed by atoms with van der Waals surface area (Å²) in [6.07, 6.45) is 3.38. The van der Waals surface area contributed by atoms with Gasteiger partial charge < -0.3 is 5.32 Å². The number of nitro groups is 1. The van der Waals surface area contributed by atoms with Crippen LogP contribution < -0.4 is 5.32 Å². The zero-order valence-electron chi connectivity index (χ0n) is 12.1. The molecule has 0 aliphatic heterocycles. The van der Waals surface area contributed by atoms with Crippen LogP contribution in [0.5, 0.6) is 0 Å². The van der Waals surface area contributed by atoms with Gasteiger partial charge in [0, 0.05) is 18.7 Å². The van der Waals surface area contributed by atoms with Crippen molar-refractivity contribution in [1.82, 2.24) is 5.32 Å². The van der Waals surface area contributed by atoms with E-state index in [9.17, 15) is 10.1 Å². The molecule has 0 bridgehead atoms. The molecule has 1 N–H and O–H groups in total. The van der Waals surface area contributed by atoms with Gasteiger partial charge in [-0.25, -0.2) is 0 Å². The van der Waals surface area contributed by atoms with Crippen LogP contribution in [0, 0.1) is 10.1 Å². The first-order valence-corrected chi connectivity index (χ1v) is 7.77. The highest BCUT2D eigenvalue weighted by atomic mass is 35.5. The summed E-state index contributed by atoms with van der Waals surface area (Å²) >= 11 is 5.84. The third-order valence-electron chi connectivity index (χ3n) is 4.13. The Labute approximate surface area is 134 Å².